The minimum absolute atomic E-state index is 0.330. The molecule has 0 amide bonds. The second-order valence-corrected chi connectivity index (χ2v) is 4.22. The number of methoxy groups -OCH3 is 1. The first-order valence-electron chi connectivity index (χ1n) is 5.75. The van der Waals surface area contributed by atoms with Gasteiger partial charge in [-0.05, 0) is 45.7 Å². The van der Waals surface area contributed by atoms with Gasteiger partial charge in [0.2, 0.25) is 0 Å². The van der Waals surface area contributed by atoms with Crippen molar-refractivity contribution in [1.82, 2.24) is 15.2 Å². The number of aromatic amines is 1. The number of hydrogen-bond donors (Lipinski definition) is 2. The maximum Gasteiger partial charge on any atom is 0.354 e. The van der Waals surface area contributed by atoms with Gasteiger partial charge in [-0.3, -0.25) is 0 Å². The molecule has 0 aliphatic carbocycles. The third kappa shape index (κ3) is 5.01. The minimum atomic E-state index is -0.330. The Kier molecular flexibility index (Phi) is 5.72. The zero-order valence-electron chi connectivity index (χ0n) is 10.7. The van der Waals surface area contributed by atoms with Crippen LogP contribution in [-0.4, -0.2) is 50.1 Å². The van der Waals surface area contributed by atoms with Gasteiger partial charge in [-0.2, -0.15) is 0 Å². The van der Waals surface area contributed by atoms with E-state index in [-0.39, 0.29) is 5.97 Å². The molecule has 1 rings (SSSR count). The van der Waals surface area contributed by atoms with Crippen LogP contribution >= 0.6 is 0 Å². The Labute approximate surface area is 102 Å². The molecule has 0 spiro atoms. The Bertz CT molecular complexity index is 347. The van der Waals surface area contributed by atoms with Gasteiger partial charge in [-0.1, -0.05) is 0 Å². The highest BCUT2D eigenvalue weighted by molar-refractivity contribution is 5.87. The van der Waals surface area contributed by atoms with Gasteiger partial charge in [-0.25, -0.2) is 4.79 Å². The maximum atomic E-state index is 11.2. The zero-order chi connectivity index (χ0) is 12.7. The number of H-pyrrole nitrogens is 1. The van der Waals surface area contributed by atoms with Crippen LogP contribution in [-0.2, 0) is 11.3 Å². The number of carbonyl (C=O) groups is 1. The van der Waals surface area contributed by atoms with Gasteiger partial charge < -0.3 is 19.9 Å². The molecule has 5 heteroatoms. The van der Waals surface area contributed by atoms with Gasteiger partial charge in [0.05, 0.1) is 7.11 Å². The highest BCUT2D eigenvalue weighted by Crippen LogP contribution is 2.02. The highest BCUT2D eigenvalue weighted by Gasteiger charge is 2.07. The lowest BCUT2D eigenvalue weighted by Gasteiger charge is -2.09. The topological polar surface area (TPSA) is 57.4 Å². The molecule has 0 unspecified atom stereocenters. The number of hydrogen-bond acceptors (Lipinski definition) is 4. The summed E-state index contributed by atoms with van der Waals surface area (Å²) in [6.07, 6.45) is 1.11. The number of nitrogens with one attached hydrogen (secondary N) is 2. The van der Waals surface area contributed by atoms with E-state index in [4.69, 9.17) is 0 Å². The van der Waals surface area contributed by atoms with Crippen LogP contribution in [0.15, 0.2) is 12.1 Å². The number of nitrogens with zero attached hydrogens (tertiary/aromatic N) is 1. The molecule has 0 atom stereocenters. The lowest BCUT2D eigenvalue weighted by molar-refractivity contribution is 0.0594. The van der Waals surface area contributed by atoms with E-state index in [2.05, 4.69) is 34.0 Å². The van der Waals surface area contributed by atoms with Gasteiger partial charge >= 0.3 is 5.97 Å². The standard InChI is InChI=1S/C12H21N3O2/c1-15(2)8-4-7-13-9-10-5-6-11(14-10)12(16)17-3/h5-6,13-14H,4,7-9H2,1-3H3. The molecule has 2 N–H and O–H groups in total. The van der Waals surface area contributed by atoms with E-state index in [9.17, 15) is 4.79 Å². The monoisotopic (exact) mass is 239 g/mol. The SMILES string of the molecule is COC(=O)c1ccc(CNCCCN(C)C)[nH]1. The van der Waals surface area contributed by atoms with Crippen molar-refractivity contribution >= 4 is 5.97 Å². The Balaban J connectivity index is 2.23. The third-order valence-corrected chi connectivity index (χ3v) is 2.43. The minimum Gasteiger partial charge on any atom is -0.464 e. The van der Waals surface area contributed by atoms with Crippen LogP contribution in [0.5, 0.6) is 0 Å². The number of rotatable bonds is 7. The van der Waals surface area contributed by atoms with Crippen LogP contribution in [0.4, 0.5) is 0 Å². The van der Waals surface area contributed by atoms with Gasteiger partial charge in [-0.15, -0.1) is 0 Å². The van der Waals surface area contributed by atoms with E-state index < -0.39 is 0 Å². The molecule has 0 aliphatic heterocycles. The van der Waals surface area contributed by atoms with Gasteiger partial charge in [0.25, 0.3) is 0 Å². The molecule has 5 nitrogen and oxygen atoms in total. The molecule has 0 aliphatic rings. The molecule has 96 valence electrons. The third-order valence-electron chi connectivity index (χ3n) is 2.43. The molecular weight excluding hydrogens is 218 g/mol. The summed E-state index contributed by atoms with van der Waals surface area (Å²) < 4.78 is 4.62. The van der Waals surface area contributed by atoms with Crippen LogP contribution < -0.4 is 5.32 Å². The predicted molar refractivity (Wildman–Crippen MR) is 67.0 cm³/mol. The summed E-state index contributed by atoms with van der Waals surface area (Å²) in [4.78, 5) is 16.4. The van der Waals surface area contributed by atoms with Crippen molar-refractivity contribution in [3.8, 4) is 0 Å². The number of esters is 1. The lowest BCUT2D eigenvalue weighted by Crippen LogP contribution is -2.21. The lowest BCUT2D eigenvalue weighted by atomic mass is 10.3. The average Bonchev–Trinajstić information content (AvgIpc) is 2.76. The van der Waals surface area contributed by atoms with Gasteiger partial charge in [0, 0.05) is 12.2 Å². The van der Waals surface area contributed by atoms with E-state index in [1.54, 1.807) is 6.07 Å². The molecule has 0 saturated heterocycles. The Morgan fingerprint density at radius 3 is 2.88 bits per heavy atom. The Morgan fingerprint density at radius 1 is 1.47 bits per heavy atom. The molecule has 0 aromatic carbocycles. The first-order chi connectivity index (χ1) is 8.13. The summed E-state index contributed by atoms with van der Waals surface area (Å²) in [5, 5.41) is 3.32. The van der Waals surface area contributed by atoms with E-state index >= 15 is 0 Å². The van der Waals surface area contributed by atoms with Gasteiger partial charge in [0.1, 0.15) is 5.69 Å². The van der Waals surface area contributed by atoms with Crippen molar-refractivity contribution in [1.29, 1.82) is 0 Å². The van der Waals surface area contributed by atoms with Crippen molar-refractivity contribution in [3.63, 3.8) is 0 Å². The van der Waals surface area contributed by atoms with Gasteiger partial charge in [0.15, 0.2) is 0 Å². The molecule has 0 fully saturated rings. The van der Waals surface area contributed by atoms with Crippen molar-refractivity contribution in [2.75, 3.05) is 34.3 Å². The van der Waals surface area contributed by atoms with Crippen molar-refractivity contribution in [2.45, 2.75) is 13.0 Å². The van der Waals surface area contributed by atoms with E-state index in [0.717, 1.165) is 31.7 Å². The van der Waals surface area contributed by atoms with Crippen molar-refractivity contribution in [2.24, 2.45) is 0 Å². The molecule has 0 radical (unpaired) electrons. The fourth-order valence-electron chi connectivity index (χ4n) is 1.52. The smallest absolute Gasteiger partial charge is 0.354 e. The van der Waals surface area contributed by atoms with Crippen LogP contribution in [0.3, 0.4) is 0 Å². The van der Waals surface area contributed by atoms with E-state index in [1.807, 2.05) is 6.07 Å². The molecule has 1 heterocycles. The normalized spacial score (nSPS) is 10.8. The summed E-state index contributed by atoms with van der Waals surface area (Å²) in [7, 11) is 5.50. The summed E-state index contributed by atoms with van der Waals surface area (Å²) in [5.74, 6) is -0.330. The van der Waals surface area contributed by atoms with Crippen molar-refractivity contribution < 1.29 is 9.53 Å². The number of aromatic nitrogens is 1. The van der Waals surface area contributed by atoms with Crippen LogP contribution in [0.25, 0.3) is 0 Å². The largest absolute Gasteiger partial charge is 0.464 e. The van der Waals surface area contributed by atoms with E-state index in [0.29, 0.717) is 5.69 Å². The summed E-state index contributed by atoms with van der Waals surface area (Å²) in [6.45, 7) is 2.78. The van der Waals surface area contributed by atoms with Crippen LogP contribution in [0.1, 0.15) is 22.6 Å². The molecule has 1 aromatic rings. The van der Waals surface area contributed by atoms with Crippen LogP contribution in [0, 0.1) is 0 Å². The molecule has 1 aromatic heterocycles. The zero-order valence-corrected chi connectivity index (χ0v) is 10.7. The first-order valence-corrected chi connectivity index (χ1v) is 5.75. The molecule has 17 heavy (non-hydrogen) atoms. The Morgan fingerprint density at radius 2 is 2.24 bits per heavy atom. The first kappa shape index (κ1) is 13.7. The fourth-order valence-corrected chi connectivity index (χ4v) is 1.52. The quantitative estimate of drug-likeness (QED) is 0.547. The van der Waals surface area contributed by atoms with Crippen LogP contribution in [0.2, 0.25) is 0 Å². The molecule has 0 saturated carbocycles. The molecular formula is C12H21N3O2. The molecule has 0 bridgehead atoms. The summed E-state index contributed by atoms with van der Waals surface area (Å²) in [5.41, 5.74) is 1.49. The second kappa shape index (κ2) is 7.09. The fraction of sp³-hybridized carbons (Fsp3) is 0.583. The predicted octanol–water partition coefficient (Wildman–Crippen LogP) is 0.843. The highest BCUT2D eigenvalue weighted by atomic mass is 16.5. The Hall–Kier alpha value is -1.33. The maximum absolute atomic E-state index is 11.2. The van der Waals surface area contributed by atoms with Crippen molar-refractivity contribution in [3.05, 3.63) is 23.5 Å². The number of ether oxygens (including phenoxy) is 1. The summed E-state index contributed by atoms with van der Waals surface area (Å²) in [6, 6.07) is 3.63. The van der Waals surface area contributed by atoms with E-state index in [1.165, 1.54) is 7.11 Å². The number of carbonyl (C=O) groups excluding carboxylic acids is 1. The summed E-state index contributed by atoms with van der Waals surface area (Å²) >= 11 is 0. The second-order valence-electron chi connectivity index (χ2n) is 4.22. The average molecular weight is 239 g/mol.